The third kappa shape index (κ3) is 3.40. The van der Waals surface area contributed by atoms with Crippen LogP contribution in [0.4, 0.5) is 0 Å². The molecule has 2 saturated carbocycles. The SMILES string of the molecule is [C-]#[N+]C([C@H]1CC[C@H]2[C@@H]3CC=C4C=C(OC)CC[C@]4(C)[C@H]3CC[C@]12C)S(=O)(=O)c1ccc(C)cc1. The van der Waals surface area contributed by atoms with Gasteiger partial charge in [0.25, 0.3) is 9.84 Å². The lowest BCUT2D eigenvalue weighted by molar-refractivity contribution is -0.0362. The first-order valence-electron chi connectivity index (χ1n) is 12.8. The summed E-state index contributed by atoms with van der Waals surface area (Å²) in [4.78, 5) is 4.10. The highest BCUT2D eigenvalue weighted by Gasteiger charge is 2.62. The zero-order chi connectivity index (χ0) is 24.3. The van der Waals surface area contributed by atoms with E-state index in [0.717, 1.165) is 56.3 Å². The van der Waals surface area contributed by atoms with Gasteiger partial charge in [-0.2, -0.15) is 0 Å². The van der Waals surface area contributed by atoms with E-state index in [1.54, 1.807) is 19.2 Å². The van der Waals surface area contributed by atoms with E-state index in [2.05, 4.69) is 30.8 Å². The lowest BCUT2D eigenvalue weighted by atomic mass is 9.48. The van der Waals surface area contributed by atoms with Crippen LogP contribution in [0.1, 0.15) is 64.4 Å². The average molecular weight is 480 g/mol. The van der Waals surface area contributed by atoms with Crippen molar-refractivity contribution in [3.63, 3.8) is 0 Å². The van der Waals surface area contributed by atoms with Crippen molar-refractivity contribution in [1.82, 2.24) is 0 Å². The Morgan fingerprint density at radius 3 is 2.50 bits per heavy atom. The minimum absolute atomic E-state index is 0.0992. The fourth-order valence-electron chi connectivity index (χ4n) is 8.21. The van der Waals surface area contributed by atoms with Crippen LogP contribution in [0.5, 0.6) is 0 Å². The van der Waals surface area contributed by atoms with Crippen LogP contribution < -0.4 is 0 Å². The average Bonchev–Trinajstić information content (AvgIpc) is 3.16. The Bertz CT molecular complexity index is 1170. The maximum absolute atomic E-state index is 13.6. The van der Waals surface area contributed by atoms with Gasteiger partial charge in [0.2, 0.25) is 0 Å². The number of nitrogens with zero attached hydrogens (tertiary/aromatic N) is 1. The third-order valence-corrected chi connectivity index (χ3v) is 12.2. The molecule has 4 aliphatic rings. The number of hydrogen-bond donors (Lipinski definition) is 0. The largest absolute Gasteiger partial charge is 0.501 e. The van der Waals surface area contributed by atoms with Crippen molar-refractivity contribution in [2.24, 2.45) is 34.5 Å². The number of rotatable bonds is 4. The van der Waals surface area contributed by atoms with Crippen LogP contribution in [0.3, 0.4) is 0 Å². The fourth-order valence-corrected chi connectivity index (χ4v) is 10.0. The number of benzene rings is 1. The van der Waals surface area contributed by atoms with E-state index in [1.807, 2.05) is 19.1 Å². The number of ether oxygens (including phenoxy) is 1. The van der Waals surface area contributed by atoms with Gasteiger partial charge in [0.15, 0.2) is 0 Å². The normalized spacial score (nSPS) is 37.9. The summed E-state index contributed by atoms with van der Waals surface area (Å²) in [5.74, 6) is 2.66. The highest BCUT2D eigenvalue weighted by Crippen LogP contribution is 2.67. The van der Waals surface area contributed by atoms with Gasteiger partial charge in [0.1, 0.15) is 0 Å². The van der Waals surface area contributed by atoms with E-state index < -0.39 is 15.2 Å². The van der Waals surface area contributed by atoms with Gasteiger partial charge in [-0.1, -0.05) is 37.6 Å². The van der Waals surface area contributed by atoms with E-state index >= 15 is 0 Å². The molecule has 0 N–H and O–H groups in total. The van der Waals surface area contributed by atoms with Crippen LogP contribution in [0.15, 0.2) is 52.6 Å². The summed E-state index contributed by atoms with van der Waals surface area (Å²) >= 11 is 0. The third-order valence-electron chi connectivity index (χ3n) is 10.2. The predicted octanol–water partition coefficient (Wildman–Crippen LogP) is 6.73. The number of fused-ring (bicyclic) bond motifs is 5. The summed E-state index contributed by atoms with van der Waals surface area (Å²) in [5, 5.41) is -0.992. The molecule has 34 heavy (non-hydrogen) atoms. The minimum Gasteiger partial charge on any atom is -0.501 e. The number of methoxy groups -OCH3 is 1. The van der Waals surface area contributed by atoms with Crippen LogP contribution >= 0.6 is 0 Å². The molecule has 0 aromatic heterocycles. The summed E-state index contributed by atoms with van der Waals surface area (Å²) < 4.78 is 32.8. The fraction of sp³-hybridized carbons (Fsp3) is 0.621. The Labute approximate surface area is 205 Å². The van der Waals surface area contributed by atoms with Gasteiger partial charge in [-0.15, -0.1) is 0 Å². The van der Waals surface area contributed by atoms with Crippen molar-refractivity contribution >= 4 is 9.84 Å². The minimum atomic E-state index is -3.70. The maximum Gasteiger partial charge on any atom is 0.328 e. The highest BCUT2D eigenvalue weighted by molar-refractivity contribution is 7.92. The van der Waals surface area contributed by atoms with Crippen molar-refractivity contribution in [3.05, 3.63) is 64.7 Å². The Hall–Kier alpha value is -2.06. The van der Waals surface area contributed by atoms with Crippen LogP contribution in [-0.2, 0) is 14.6 Å². The second kappa shape index (κ2) is 8.26. The number of sulfone groups is 1. The molecule has 0 radical (unpaired) electrons. The van der Waals surface area contributed by atoms with E-state index in [9.17, 15) is 8.42 Å². The molecule has 1 aromatic carbocycles. The predicted molar refractivity (Wildman–Crippen MR) is 134 cm³/mol. The van der Waals surface area contributed by atoms with Crippen molar-refractivity contribution in [2.75, 3.05) is 7.11 Å². The molecule has 182 valence electrons. The Morgan fingerprint density at radius 1 is 1.09 bits per heavy atom. The number of aryl methyl sites for hydroxylation is 1. The second-order valence-electron chi connectivity index (χ2n) is 11.6. The van der Waals surface area contributed by atoms with Gasteiger partial charge in [-0.3, -0.25) is 4.85 Å². The summed E-state index contributed by atoms with van der Waals surface area (Å²) in [5.41, 5.74) is 2.55. The summed E-state index contributed by atoms with van der Waals surface area (Å²) in [6, 6.07) is 7.01. The van der Waals surface area contributed by atoms with Crippen LogP contribution in [0.25, 0.3) is 4.85 Å². The van der Waals surface area contributed by atoms with Gasteiger partial charge >= 0.3 is 5.37 Å². The zero-order valence-electron chi connectivity index (χ0n) is 20.9. The molecule has 1 unspecified atom stereocenters. The molecule has 1 aromatic rings. The standard InChI is InChI=1S/C29H37NO3S/c1-19-6-9-22(10-7-19)34(31,32)27(30-4)26-13-12-24-23-11-8-20-18-21(33-5)14-16-28(20,2)25(23)15-17-29(24,26)3/h6-10,18,23-27H,11-17H2,1-3,5H3/t23-,24-,25-,26+,27?,28-,29-/m0/s1. The molecule has 0 heterocycles. The van der Waals surface area contributed by atoms with Gasteiger partial charge in [0, 0.05) is 6.42 Å². The monoisotopic (exact) mass is 479 g/mol. The number of allylic oxidation sites excluding steroid dienone is 4. The molecule has 0 spiro atoms. The molecule has 7 atom stereocenters. The van der Waals surface area contributed by atoms with Gasteiger partial charge < -0.3 is 4.74 Å². The van der Waals surface area contributed by atoms with Gasteiger partial charge in [0.05, 0.1) is 23.7 Å². The van der Waals surface area contributed by atoms with Crippen LogP contribution in [0, 0.1) is 48.0 Å². The topological polar surface area (TPSA) is 47.7 Å². The van der Waals surface area contributed by atoms with Crippen LogP contribution in [0.2, 0.25) is 0 Å². The molecule has 0 bridgehead atoms. The summed E-state index contributed by atoms with van der Waals surface area (Å²) in [7, 11) is -1.93. The first-order chi connectivity index (χ1) is 16.1. The molecule has 5 rings (SSSR count). The molecule has 4 aliphatic carbocycles. The zero-order valence-corrected chi connectivity index (χ0v) is 21.7. The summed E-state index contributed by atoms with van der Waals surface area (Å²) in [6.45, 7) is 14.7. The van der Waals surface area contributed by atoms with E-state index in [4.69, 9.17) is 11.3 Å². The van der Waals surface area contributed by atoms with Crippen molar-refractivity contribution in [2.45, 2.75) is 76.0 Å². The lowest BCUT2D eigenvalue weighted by Gasteiger charge is -2.56. The quantitative estimate of drug-likeness (QED) is 0.450. The molecule has 2 fully saturated rings. The second-order valence-corrected chi connectivity index (χ2v) is 13.7. The Balaban J connectivity index is 1.46. The van der Waals surface area contributed by atoms with Gasteiger partial charge in [-0.05, 0) is 97.8 Å². The molecule has 5 heteroatoms. The molecule has 0 amide bonds. The highest BCUT2D eigenvalue weighted by atomic mass is 32.2. The first kappa shape index (κ1) is 23.7. The molecule has 0 saturated heterocycles. The van der Waals surface area contributed by atoms with Gasteiger partial charge in [-0.25, -0.2) is 15.0 Å². The molecular formula is C29H37NO3S. The summed E-state index contributed by atoms with van der Waals surface area (Å²) in [6.07, 6.45) is 11.9. The first-order valence-corrected chi connectivity index (χ1v) is 14.3. The molecule has 0 aliphatic heterocycles. The maximum atomic E-state index is 13.6. The molecular weight excluding hydrogens is 442 g/mol. The van der Waals surface area contributed by atoms with Crippen molar-refractivity contribution in [1.29, 1.82) is 0 Å². The van der Waals surface area contributed by atoms with E-state index in [0.29, 0.717) is 22.6 Å². The Morgan fingerprint density at radius 2 is 1.82 bits per heavy atom. The van der Waals surface area contributed by atoms with Crippen molar-refractivity contribution < 1.29 is 13.2 Å². The van der Waals surface area contributed by atoms with Crippen molar-refractivity contribution in [3.8, 4) is 0 Å². The lowest BCUT2D eigenvalue weighted by Crippen LogP contribution is -2.50. The van der Waals surface area contributed by atoms with E-state index in [-0.39, 0.29) is 16.7 Å². The smallest absolute Gasteiger partial charge is 0.328 e. The molecule has 4 nitrogen and oxygen atoms in total. The number of hydrogen-bond acceptors (Lipinski definition) is 3. The Kier molecular flexibility index (Phi) is 5.75. The van der Waals surface area contributed by atoms with Crippen LogP contribution in [-0.4, -0.2) is 20.9 Å². The van der Waals surface area contributed by atoms with E-state index in [1.165, 1.54) is 5.57 Å².